The summed E-state index contributed by atoms with van der Waals surface area (Å²) in [4.78, 5) is 35.9. The number of urea groups is 1. The predicted molar refractivity (Wildman–Crippen MR) is 148 cm³/mol. The van der Waals surface area contributed by atoms with Crippen LogP contribution in [0.15, 0.2) is 59.4 Å². The van der Waals surface area contributed by atoms with Crippen molar-refractivity contribution in [1.82, 2.24) is 24.7 Å². The monoisotopic (exact) mass is 530 g/mol. The molecule has 1 aliphatic carbocycles. The van der Waals surface area contributed by atoms with E-state index in [1.54, 1.807) is 21.6 Å². The van der Waals surface area contributed by atoms with Gasteiger partial charge in [-0.1, -0.05) is 49.6 Å². The van der Waals surface area contributed by atoms with Crippen molar-refractivity contribution in [2.45, 2.75) is 63.7 Å². The molecule has 2 aromatic carbocycles. The van der Waals surface area contributed by atoms with Gasteiger partial charge in [-0.25, -0.2) is 18.7 Å². The molecule has 204 valence electrons. The Morgan fingerprint density at radius 3 is 2.46 bits per heavy atom. The summed E-state index contributed by atoms with van der Waals surface area (Å²) in [6, 6.07) is 16.4. The van der Waals surface area contributed by atoms with Crippen molar-refractivity contribution in [3.05, 3.63) is 87.6 Å². The molecule has 3 aromatic rings. The molecule has 1 saturated carbocycles. The van der Waals surface area contributed by atoms with E-state index in [0.29, 0.717) is 30.5 Å². The van der Waals surface area contributed by atoms with Gasteiger partial charge in [-0.2, -0.15) is 0 Å². The molecular formula is C30H35FN6O2. The van der Waals surface area contributed by atoms with E-state index in [2.05, 4.69) is 15.5 Å². The Morgan fingerprint density at radius 2 is 1.72 bits per heavy atom. The molecule has 39 heavy (non-hydrogen) atoms. The molecular weight excluding hydrogens is 495 g/mol. The normalized spacial score (nSPS) is 18.3. The zero-order chi connectivity index (χ0) is 26.8. The lowest BCUT2D eigenvalue weighted by molar-refractivity contribution is 0.112. The number of aromatic nitrogens is 2. The minimum Gasteiger partial charge on any atom is -0.353 e. The molecule has 8 nitrogen and oxygen atoms in total. The molecule has 0 atom stereocenters. The second-order valence-electron chi connectivity index (χ2n) is 11.0. The number of carbonyl (C=O) groups excluding carboxylic acids is 1. The first-order chi connectivity index (χ1) is 19.0. The van der Waals surface area contributed by atoms with Gasteiger partial charge in [0.2, 0.25) is 5.95 Å². The van der Waals surface area contributed by atoms with Crippen molar-refractivity contribution >= 4 is 12.0 Å². The molecule has 2 fully saturated rings. The number of nitrogens with one attached hydrogen (secondary N) is 2. The van der Waals surface area contributed by atoms with Crippen molar-refractivity contribution in [2.24, 2.45) is 0 Å². The quantitative estimate of drug-likeness (QED) is 0.502. The summed E-state index contributed by atoms with van der Waals surface area (Å²) in [5.74, 6) is 0.364. The van der Waals surface area contributed by atoms with Crippen molar-refractivity contribution < 1.29 is 9.18 Å². The number of carbonyl (C=O) groups is 1. The highest BCUT2D eigenvalue weighted by Crippen LogP contribution is 2.24. The number of amides is 2. The van der Waals surface area contributed by atoms with Crippen LogP contribution >= 0.6 is 0 Å². The molecule has 2 N–H and O–H groups in total. The second-order valence-corrected chi connectivity index (χ2v) is 11.0. The van der Waals surface area contributed by atoms with Crippen molar-refractivity contribution in [3.63, 3.8) is 0 Å². The van der Waals surface area contributed by atoms with Crippen LogP contribution in [-0.4, -0.2) is 57.1 Å². The maximum absolute atomic E-state index is 13.9. The number of hydrogen-bond donors (Lipinski definition) is 2. The number of rotatable bonds is 6. The predicted octanol–water partition coefficient (Wildman–Crippen LogP) is 4.07. The Labute approximate surface area is 227 Å². The Morgan fingerprint density at radius 1 is 0.974 bits per heavy atom. The van der Waals surface area contributed by atoms with Gasteiger partial charge in [0, 0.05) is 38.6 Å². The Balaban J connectivity index is 1.14. The van der Waals surface area contributed by atoms with Gasteiger partial charge in [-0.3, -0.25) is 9.69 Å². The standard InChI is InChI=1S/C30H35FN6O2/c31-22-13-11-21(12-14-22)17-35-18-24(19-35)33-30(39)36-16-15-27-26(20-36)28(38)37(25-9-5-2-6-10-25)29(34-27)32-23-7-3-1-4-8-23/h2,5-6,9-14,23-24H,1,3-4,7-8,15-20H2,(H,32,34)(H,33,39). The lowest BCUT2D eigenvalue weighted by Gasteiger charge is -2.41. The van der Waals surface area contributed by atoms with Gasteiger partial charge < -0.3 is 15.5 Å². The van der Waals surface area contributed by atoms with Crippen LogP contribution in [0.25, 0.3) is 5.69 Å². The van der Waals surface area contributed by atoms with E-state index < -0.39 is 0 Å². The summed E-state index contributed by atoms with van der Waals surface area (Å²) in [6.45, 7) is 2.98. The van der Waals surface area contributed by atoms with E-state index in [4.69, 9.17) is 4.98 Å². The number of hydrogen-bond acceptors (Lipinski definition) is 5. The molecule has 1 saturated heterocycles. The molecule has 0 radical (unpaired) electrons. The molecule has 2 amide bonds. The summed E-state index contributed by atoms with van der Waals surface area (Å²) < 4.78 is 14.8. The van der Waals surface area contributed by atoms with Gasteiger partial charge in [0.15, 0.2) is 0 Å². The highest BCUT2D eigenvalue weighted by Gasteiger charge is 2.32. The van der Waals surface area contributed by atoms with E-state index in [9.17, 15) is 14.0 Å². The van der Waals surface area contributed by atoms with Crippen LogP contribution in [0.2, 0.25) is 0 Å². The number of para-hydroxylation sites is 1. The Bertz CT molecular complexity index is 1360. The van der Waals surface area contributed by atoms with Gasteiger partial charge >= 0.3 is 6.03 Å². The van der Waals surface area contributed by atoms with Gasteiger partial charge in [0.1, 0.15) is 5.82 Å². The Hall–Kier alpha value is -3.72. The van der Waals surface area contributed by atoms with Crippen molar-refractivity contribution in [2.75, 3.05) is 25.0 Å². The summed E-state index contributed by atoms with van der Waals surface area (Å²) in [5.41, 5.74) is 3.07. The third-order valence-corrected chi connectivity index (χ3v) is 8.07. The fourth-order valence-corrected chi connectivity index (χ4v) is 5.90. The maximum atomic E-state index is 13.9. The first-order valence-electron chi connectivity index (χ1n) is 14.0. The molecule has 1 aromatic heterocycles. The maximum Gasteiger partial charge on any atom is 0.318 e. The van der Waals surface area contributed by atoms with E-state index in [1.165, 1.54) is 31.4 Å². The number of likely N-dealkylation sites (tertiary alicyclic amines) is 1. The minimum atomic E-state index is -0.238. The molecule has 0 spiro atoms. The van der Waals surface area contributed by atoms with Crippen LogP contribution in [0, 0.1) is 5.82 Å². The third-order valence-electron chi connectivity index (χ3n) is 8.07. The Kier molecular flexibility index (Phi) is 7.32. The molecule has 3 aliphatic rings. The van der Waals surface area contributed by atoms with Crippen molar-refractivity contribution in [1.29, 1.82) is 0 Å². The van der Waals surface area contributed by atoms with Crippen LogP contribution in [0.5, 0.6) is 0 Å². The third kappa shape index (κ3) is 5.68. The second kappa shape index (κ2) is 11.2. The summed E-state index contributed by atoms with van der Waals surface area (Å²) >= 11 is 0. The van der Waals surface area contributed by atoms with E-state index in [-0.39, 0.29) is 30.0 Å². The van der Waals surface area contributed by atoms with Gasteiger partial charge in [-0.05, 0) is 42.7 Å². The molecule has 0 unspecified atom stereocenters. The lowest BCUT2D eigenvalue weighted by atomic mass is 9.96. The number of anilines is 1. The molecule has 9 heteroatoms. The lowest BCUT2D eigenvalue weighted by Crippen LogP contribution is -2.61. The average molecular weight is 531 g/mol. The topological polar surface area (TPSA) is 82.5 Å². The smallest absolute Gasteiger partial charge is 0.318 e. The SMILES string of the molecule is O=C(NC1CN(Cc2ccc(F)cc2)C1)N1CCc2nc(NC3CCCCC3)n(-c3ccccc3)c(=O)c2C1. The zero-order valence-electron chi connectivity index (χ0n) is 22.1. The molecule has 3 heterocycles. The fourth-order valence-electron chi connectivity index (χ4n) is 5.90. The highest BCUT2D eigenvalue weighted by molar-refractivity contribution is 5.75. The van der Waals surface area contributed by atoms with Crippen LogP contribution in [0.4, 0.5) is 15.1 Å². The number of benzene rings is 2. The number of nitrogens with zero attached hydrogens (tertiary/aromatic N) is 4. The summed E-state index contributed by atoms with van der Waals surface area (Å²) in [7, 11) is 0. The van der Waals surface area contributed by atoms with Crippen molar-refractivity contribution in [3.8, 4) is 5.69 Å². The first-order valence-corrected chi connectivity index (χ1v) is 14.0. The summed E-state index contributed by atoms with van der Waals surface area (Å²) in [5, 5.41) is 6.69. The molecule has 6 rings (SSSR count). The van der Waals surface area contributed by atoms with Gasteiger partial charge in [0.25, 0.3) is 5.56 Å². The van der Waals surface area contributed by atoms with E-state index in [1.807, 2.05) is 30.3 Å². The highest BCUT2D eigenvalue weighted by atomic mass is 19.1. The zero-order valence-corrected chi connectivity index (χ0v) is 22.1. The van der Waals surface area contributed by atoms with Gasteiger partial charge in [-0.15, -0.1) is 0 Å². The van der Waals surface area contributed by atoms with Gasteiger partial charge in [0.05, 0.1) is 29.5 Å². The summed E-state index contributed by atoms with van der Waals surface area (Å²) in [6.07, 6.45) is 6.34. The van der Waals surface area contributed by atoms with Crippen LogP contribution in [0.1, 0.15) is 48.9 Å². The molecule has 2 aliphatic heterocycles. The fraction of sp³-hybridized carbons (Fsp3) is 0.433. The van der Waals surface area contributed by atoms with Crippen LogP contribution in [0.3, 0.4) is 0 Å². The van der Waals surface area contributed by atoms with Crippen LogP contribution < -0.4 is 16.2 Å². The minimum absolute atomic E-state index is 0.0560. The van der Waals surface area contributed by atoms with E-state index in [0.717, 1.165) is 49.4 Å². The molecule has 0 bridgehead atoms. The number of halogens is 1. The van der Waals surface area contributed by atoms with E-state index >= 15 is 0 Å². The average Bonchev–Trinajstić information content (AvgIpc) is 2.94. The largest absolute Gasteiger partial charge is 0.353 e. The number of fused-ring (bicyclic) bond motifs is 1. The first kappa shape index (κ1) is 25.6. The van der Waals surface area contributed by atoms with Crippen LogP contribution in [-0.2, 0) is 19.5 Å².